The van der Waals surface area contributed by atoms with Crippen LogP contribution in [0, 0.1) is 0 Å². The fourth-order valence-corrected chi connectivity index (χ4v) is 0.632. The first kappa shape index (κ1) is 7.91. The molecule has 0 radical (unpaired) electrons. The van der Waals surface area contributed by atoms with Gasteiger partial charge in [0.15, 0.2) is 0 Å². The second kappa shape index (κ2) is 2.46. The molecule has 0 aliphatic rings. The minimum atomic E-state index is -3.75. The molecule has 0 spiro atoms. The molecule has 0 aromatic carbocycles. The van der Waals surface area contributed by atoms with E-state index in [-0.39, 0.29) is 0 Å². The molecule has 0 bridgehead atoms. The Balaban J connectivity index is 4.04. The van der Waals surface area contributed by atoms with E-state index in [2.05, 4.69) is 0 Å². The quantitative estimate of drug-likeness (QED) is 0.571. The van der Waals surface area contributed by atoms with Crippen LogP contribution in [0.4, 0.5) is 0 Å². The van der Waals surface area contributed by atoms with Gasteiger partial charge < -0.3 is 0 Å². The van der Waals surface area contributed by atoms with E-state index in [1.807, 2.05) is 0 Å². The van der Waals surface area contributed by atoms with Crippen molar-refractivity contribution in [2.24, 2.45) is 0 Å². The first-order valence-corrected chi connectivity index (χ1v) is 3.95. The van der Waals surface area contributed by atoms with Gasteiger partial charge in [0, 0.05) is 0 Å². The van der Waals surface area contributed by atoms with Crippen molar-refractivity contribution >= 4 is 10.1 Å². The highest BCUT2D eigenvalue weighted by molar-refractivity contribution is 7.86. The van der Waals surface area contributed by atoms with Crippen LogP contribution >= 0.6 is 0 Å². The van der Waals surface area contributed by atoms with Gasteiger partial charge in [-0.25, -0.2) is 0 Å². The summed E-state index contributed by atoms with van der Waals surface area (Å²) < 4.78 is 28.5. The monoisotopic (exact) mass is 138 g/mol. The van der Waals surface area contributed by atoms with Crippen LogP contribution in [-0.4, -0.2) is 18.2 Å². The summed E-state index contributed by atoms with van der Waals surface area (Å²) in [5.41, 5.74) is 0. The Morgan fingerprint density at radius 3 is 2.00 bits per heavy atom. The SMILES string of the molecule is CC[C@H](C)S(=O)(=O)O. The zero-order valence-corrected chi connectivity index (χ0v) is 5.77. The minimum absolute atomic E-state index is 0.457. The Morgan fingerprint density at radius 1 is 1.62 bits per heavy atom. The molecule has 0 aromatic rings. The first-order chi connectivity index (χ1) is 3.48. The molecule has 0 aromatic heterocycles. The molecule has 0 aliphatic carbocycles. The molecule has 1 N–H and O–H groups in total. The van der Waals surface area contributed by atoms with Gasteiger partial charge in [0.2, 0.25) is 0 Å². The zero-order valence-electron chi connectivity index (χ0n) is 4.96. The summed E-state index contributed by atoms with van der Waals surface area (Å²) in [6.07, 6.45) is 0.457. The van der Waals surface area contributed by atoms with E-state index in [0.29, 0.717) is 6.42 Å². The second-order valence-corrected chi connectivity index (χ2v) is 3.57. The lowest BCUT2D eigenvalue weighted by molar-refractivity contribution is 0.468. The molecular weight excluding hydrogens is 128 g/mol. The molecule has 8 heavy (non-hydrogen) atoms. The van der Waals surface area contributed by atoms with Crippen LogP contribution in [0.15, 0.2) is 0 Å². The van der Waals surface area contributed by atoms with E-state index in [4.69, 9.17) is 4.55 Å². The third-order valence-electron chi connectivity index (χ3n) is 1.08. The van der Waals surface area contributed by atoms with E-state index in [0.717, 1.165) is 0 Å². The van der Waals surface area contributed by atoms with Crippen molar-refractivity contribution in [2.75, 3.05) is 0 Å². The normalized spacial score (nSPS) is 15.9. The van der Waals surface area contributed by atoms with Crippen LogP contribution in [-0.2, 0) is 10.1 Å². The van der Waals surface area contributed by atoms with Gasteiger partial charge in [0.1, 0.15) is 0 Å². The van der Waals surface area contributed by atoms with E-state index >= 15 is 0 Å². The molecule has 3 nitrogen and oxygen atoms in total. The number of hydrogen-bond donors (Lipinski definition) is 1. The summed E-state index contributed by atoms with van der Waals surface area (Å²) in [6, 6.07) is 0. The molecule has 0 saturated carbocycles. The largest absolute Gasteiger partial charge is 0.285 e. The van der Waals surface area contributed by atoms with E-state index < -0.39 is 15.4 Å². The van der Waals surface area contributed by atoms with Crippen molar-refractivity contribution in [3.05, 3.63) is 0 Å². The lowest BCUT2D eigenvalue weighted by Gasteiger charge is -2.00. The fourth-order valence-electron chi connectivity index (χ4n) is 0.211. The predicted molar refractivity (Wildman–Crippen MR) is 31.3 cm³/mol. The van der Waals surface area contributed by atoms with Crippen LogP contribution < -0.4 is 0 Å². The maximum atomic E-state index is 10.1. The van der Waals surface area contributed by atoms with Gasteiger partial charge in [-0.15, -0.1) is 0 Å². The van der Waals surface area contributed by atoms with E-state index in [9.17, 15) is 8.42 Å². The maximum Gasteiger partial charge on any atom is 0.267 e. The first-order valence-electron chi connectivity index (χ1n) is 2.44. The summed E-state index contributed by atoms with van der Waals surface area (Å²) in [4.78, 5) is 0. The molecule has 4 heteroatoms. The molecule has 0 amide bonds. The summed E-state index contributed by atoms with van der Waals surface area (Å²) in [6.45, 7) is 3.17. The highest BCUT2D eigenvalue weighted by Crippen LogP contribution is 1.99. The average Bonchev–Trinajstić information content (AvgIpc) is 1.62. The van der Waals surface area contributed by atoms with Crippen LogP contribution in [0.5, 0.6) is 0 Å². The summed E-state index contributed by atoms with van der Waals surface area (Å²) in [5.74, 6) is 0. The highest BCUT2D eigenvalue weighted by Gasteiger charge is 2.13. The lowest BCUT2D eigenvalue weighted by atomic mass is 10.4. The lowest BCUT2D eigenvalue weighted by Crippen LogP contribution is -2.14. The Kier molecular flexibility index (Phi) is 2.43. The van der Waals surface area contributed by atoms with Crippen LogP contribution in [0.2, 0.25) is 0 Å². The highest BCUT2D eigenvalue weighted by atomic mass is 32.2. The number of rotatable bonds is 2. The zero-order chi connectivity index (χ0) is 6.78. The second-order valence-electron chi connectivity index (χ2n) is 1.73. The molecule has 0 saturated heterocycles. The van der Waals surface area contributed by atoms with Crippen molar-refractivity contribution in [1.82, 2.24) is 0 Å². The molecule has 0 rings (SSSR count). The van der Waals surface area contributed by atoms with Gasteiger partial charge in [0.05, 0.1) is 5.25 Å². The molecule has 50 valence electrons. The predicted octanol–water partition coefficient (Wildman–Crippen LogP) is 0.673. The summed E-state index contributed by atoms with van der Waals surface area (Å²) in [5, 5.41) is -0.623. The summed E-state index contributed by atoms with van der Waals surface area (Å²) >= 11 is 0. The van der Waals surface area contributed by atoms with Gasteiger partial charge in [-0.05, 0) is 13.3 Å². The van der Waals surface area contributed by atoms with E-state index in [1.165, 1.54) is 6.92 Å². The van der Waals surface area contributed by atoms with Crippen LogP contribution in [0.3, 0.4) is 0 Å². The molecule has 0 aliphatic heterocycles. The summed E-state index contributed by atoms with van der Waals surface area (Å²) in [7, 11) is -3.75. The maximum absolute atomic E-state index is 10.1. The van der Waals surface area contributed by atoms with Crippen molar-refractivity contribution < 1.29 is 13.0 Å². The third kappa shape index (κ3) is 2.28. The fraction of sp³-hybridized carbons (Fsp3) is 1.00. The number of hydrogen-bond acceptors (Lipinski definition) is 2. The Morgan fingerprint density at radius 2 is 2.00 bits per heavy atom. The standard InChI is InChI=1S/C4H10O3S/c1-3-4(2)8(5,6)7/h4H,3H2,1-2H3,(H,5,6,7)/t4-/m0/s1. The Hall–Kier alpha value is -0.0900. The van der Waals surface area contributed by atoms with Gasteiger partial charge in [0.25, 0.3) is 10.1 Å². The van der Waals surface area contributed by atoms with Crippen molar-refractivity contribution in [3.63, 3.8) is 0 Å². The molecule has 0 fully saturated rings. The van der Waals surface area contributed by atoms with Gasteiger partial charge in [-0.2, -0.15) is 8.42 Å². The Bertz CT molecular complexity index is 147. The van der Waals surface area contributed by atoms with Crippen LogP contribution in [0.1, 0.15) is 20.3 Å². The van der Waals surface area contributed by atoms with E-state index in [1.54, 1.807) is 6.92 Å². The van der Waals surface area contributed by atoms with Gasteiger partial charge in [-0.3, -0.25) is 4.55 Å². The molecule has 0 heterocycles. The van der Waals surface area contributed by atoms with Crippen molar-refractivity contribution in [2.45, 2.75) is 25.5 Å². The molecular formula is C4H10O3S. The minimum Gasteiger partial charge on any atom is -0.285 e. The van der Waals surface area contributed by atoms with Crippen molar-refractivity contribution in [3.8, 4) is 0 Å². The van der Waals surface area contributed by atoms with Crippen LogP contribution in [0.25, 0.3) is 0 Å². The third-order valence-corrected chi connectivity index (χ3v) is 2.43. The van der Waals surface area contributed by atoms with Crippen molar-refractivity contribution in [1.29, 1.82) is 0 Å². The topological polar surface area (TPSA) is 54.4 Å². The molecule has 0 unspecified atom stereocenters. The Labute approximate surface area is 49.5 Å². The molecule has 1 atom stereocenters. The van der Waals surface area contributed by atoms with Gasteiger partial charge >= 0.3 is 0 Å². The average molecular weight is 138 g/mol. The smallest absolute Gasteiger partial charge is 0.267 e. The van der Waals surface area contributed by atoms with Gasteiger partial charge in [-0.1, -0.05) is 6.92 Å².